The first-order valence-electron chi connectivity index (χ1n) is 5.86. The monoisotopic (exact) mass is 226 g/mol. The molecule has 1 amide bonds. The van der Waals surface area contributed by atoms with Crippen molar-refractivity contribution in [3.63, 3.8) is 0 Å². The molecule has 5 heteroatoms. The van der Waals surface area contributed by atoms with E-state index >= 15 is 0 Å². The second-order valence-electron chi connectivity index (χ2n) is 4.82. The molecule has 3 N–H and O–H groups in total. The first-order valence-corrected chi connectivity index (χ1v) is 5.86. The summed E-state index contributed by atoms with van der Waals surface area (Å²) in [4.78, 5) is 24.8. The van der Waals surface area contributed by atoms with E-state index in [-0.39, 0.29) is 17.9 Å². The van der Waals surface area contributed by atoms with Crippen LogP contribution in [0.3, 0.4) is 0 Å². The fourth-order valence-corrected chi connectivity index (χ4v) is 2.77. The molecule has 0 aromatic heterocycles. The van der Waals surface area contributed by atoms with Gasteiger partial charge in [-0.15, -0.1) is 0 Å². The summed E-state index contributed by atoms with van der Waals surface area (Å²) in [6, 6.07) is 0.0635. The van der Waals surface area contributed by atoms with Crippen LogP contribution < -0.4 is 5.73 Å². The number of nitrogens with two attached hydrogens (primary N) is 1. The smallest absolute Gasteiger partial charge is 0.307 e. The highest BCUT2D eigenvalue weighted by Gasteiger charge is 2.40. The Bertz CT molecular complexity index is 306. The molecule has 0 spiro atoms. The average Bonchev–Trinajstić information content (AvgIpc) is 2.84. The summed E-state index contributed by atoms with van der Waals surface area (Å²) in [5, 5.41) is 9.03. The second-order valence-corrected chi connectivity index (χ2v) is 4.82. The number of amides is 1. The molecule has 1 aliphatic carbocycles. The standard InChI is InChI=1S/C11H18N2O3/c12-7-4-5-13(6-7)10(14)8-2-1-3-9(8)11(15)16/h7-9H,1-6,12H2,(H,15,16)/t7?,8-,9+/m1/s1. The molecule has 5 nitrogen and oxygen atoms in total. The van der Waals surface area contributed by atoms with Gasteiger partial charge in [0, 0.05) is 19.1 Å². The van der Waals surface area contributed by atoms with Crippen molar-refractivity contribution >= 4 is 11.9 Å². The Balaban J connectivity index is 2.01. The molecule has 2 aliphatic rings. The Morgan fingerprint density at radius 3 is 2.44 bits per heavy atom. The van der Waals surface area contributed by atoms with Crippen LogP contribution in [0.5, 0.6) is 0 Å². The highest BCUT2D eigenvalue weighted by molar-refractivity contribution is 5.85. The maximum atomic E-state index is 12.1. The van der Waals surface area contributed by atoms with E-state index in [0.29, 0.717) is 25.9 Å². The molecule has 2 rings (SSSR count). The summed E-state index contributed by atoms with van der Waals surface area (Å²) in [5.74, 6) is -1.63. The summed E-state index contributed by atoms with van der Waals surface area (Å²) >= 11 is 0. The first kappa shape index (κ1) is 11.4. The zero-order chi connectivity index (χ0) is 11.7. The van der Waals surface area contributed by atoms with Crippen molar-refractivity contribution in [2.45, 2.75) is 31.7 Å². The van der Waals surface area contributed by atoms with Crippen LogP contribution in [-0.2, 0) is 9.59 Å². The molecule has 1 unspecified atom stereocenters. The van der Waals surface area contributed by atoms with Crippen LogP contribution >= 0.6 is 0 Å². The Kier molecular flexibility index (Phi) is 3.14. The van der Waals surface area contributed by atoms with Crippen molar-refractivity contribution in [3.8, 4) is 0 Å². The fraction of sp³-hybridized carbons (Fsp3) is 0.818. The molecule has 0 aromatic rings. The van der Waals surface area contributed by atoms with Crippen molar-refractivity contribution in [2.75, 3.05) is 13.1 Å². The molecule has 1 heterocycles. The van der Waals surface area contributed by atoms with E-state index in [0.717, 1.165) is 12.8 Å². The third-order valence-electron chi connectivity index (χ3n) is 3.69. The number of aliphatic carboxylic acids is 1. The van der Waals surface area contributed by atoms with Crippen LogP contribution in [0.1, 0.15) is 25.7 Å². The molecule has 0 bridgehead atoms. The first-order chi connectivity index (χ1) is 7.59. The van der Waals surface area contributed by atoms with Gasteiger partial charge in [0.15, 0.2) is 0 Å². The highest BCUT2D eigenvalue weighted by Crippen LogP contribution is 2.33. The van der Waals surface area contributed by atoms with E-state index in [9.17, 15) is 9.59 Å². The summed E-state index contributed by atoms with van der Waals surface area (Å²) in [6.45, 7) is 1.27. The number of hydrogen-bond donors (Lipinski definition) is 2. The Morgan fingerprint density at radius 2 is 1.88 bits per heavy atom. The summed E-state index contributed by atoms with van der Waals surface area (Å²) in [6.07, 6.45) is 3.01. The number of carboxylic acids is 1. The predicted octanol–water partition coefficient (Wildman–Crippen LogP) is 0.0469. The summed E-state index contributed by atoms with van der Waals surface area (Å²) in [5.41, 5.74) is 5.75. The molecule has 1 aliphatic heterocycles. The van der Waals surface area contributed by atoms with Gasteiger partial charge >= 0.3 is 5.97 Å². The van der Waals surface area contributed by atoms with Gasteiger partial charge in [-0.25, -0.2) is 0 Å². The minimum Gasteiger partial charge on any atom is -0.481 e. The van der Waals surface area contributed by atoms with E-state index in [1.807, 2.05) is 0 Å². The number of likely N-dealkylation sites (tertiary alicyclic amines) is 1. The molecule has 0 radical (unpaired) electrons. The highest BCUT2D eigenvalue weighted by atomic mass is 16.4. The van der Waals surface area contributed by atoms with Crippen molar-refractivity contribution in [3.05, 3.63) is 0 Å². The van der Waals surface area contributed by atoms with E-state index in [1.165, 1.54) is 0 Å². The van der Waals surface area contributed by atoms with Crippen LogP contribution in [0.4, 0.5) is 0 Å². The number of carboxylic acid groups (broad SMARTS) is 1. The lowest BCUT2D eigenvalue weighted by molar-refractivity contribution is -0.148. The third kappa shape index (κ3) is 2.04. The van der Waals surface area contributed by atoms with Crippen molar-refractivity contribution < 1.29 is 14.7 Å². The Hall–Kier alpha value is -1.10. The van der Waals surface area contributed by atoms with Crippen molar-refractivity contribution in [2.24, 2.45) is 17.6 Å². The summed E-state index contributed by atoms with van der Waals surface area (Å²) < 4.78 is 0. The Morgan fingerprint density at radius 1 is 1.19 bits per heavy atom. The average molecular weight is 226 g/mol. The van der Waals surface area contributed by atoms with Crippen LogP contribution in [0, 0.1) is 11.8 Å². The van der Waals surface area contributed by atoms with Gasteiger partial charge in [-0.05, 0) is 19.3 Å². The molecular weight excluding hydrogens is 208 g/mol. The van der Waals surface area contributed by atoms with Gasteiger partial charge in [0.1, 0.15) is 0 Å². The number of nitrogens with zero attached hydrogens (tertiary/aromatic N) is 1. The number of carbonyl (C=O) groups excluding carboxylic acids is 1. The molecule has 1 saturated heterocycles. The van der Waals surface area contributed by atoms with Gasteiger partial charge in [0.2, 0.25) is 5.91 Å². The van der Waals surface area contributed by atoms with Gasteiger partial charge in [0.25, 0.3) is 0 Å². The quantitative estimate of drug-likeness (QED) is 0.696. The van der Waals surface area contributed by atoms with E-state index in [1.54, 1.807) is 4.90 Å². The molecule has 0 aromatic carbocycles. The Labute approximate surface area is 94.6 Å². The molecule has 90 valence electrons. The lowest BCUT2D eigenvalue weighted by Crippen LogP contribution is -2.39. The van der Waals surface area contributed by atoms with Gasteiger partial charge in [-0.3, -0.25) is 9.59 Å². The van der Waals surface area contributed by atoms with Crippen LogP contribution in [0.15, 0.2) is 0 Å². The number of rotatable bonds is 2. The fourth-order valence-electron chi connectivity index (χ4n) is 2.77. The largest absolute Gasteiger partial charge is 0.481 e. The molecular formula is C11H18N2O3. The zero-order valence-electron chi connectivity index (χ0n) is 9.26. The normalized spacial score (nSPS) is 34.3. The van der Waals surface area contributed by atoms with E-state index < -0.39 is 11.9 Å². The van der Waals surface area contributed by atoms with Gasteiger partial charge in [-0.2, -0.15) is 0 Å². The maximum Gasteiger partial charge on any atom is 0.307 e. The lowest BCUT2D eigenvalue weighted by atomic mass is 9.95. The topological polar surface area (TPSA) is 83.6 Å². The van der Waals surface area contributed by atoms with Gasteiger partial charge < -0.3 is 15.7 Å². The van der Waals surface area contributed by atoms with Crippen LogP contribution in [0.2, 0.25) is 0 Å². The zero-order valence-corrected chi connectivity index (χ0v) is 9.26. The molecule has 2 fully saturated rings. The summed E-state index contributed by atoms with van der Waals surface area (Å²) in [7, 11) is 0. The minimum atomic E-state index is -0.834. The SMILES string of the molecule is NC1CCN(C(=O)[C@@H]2CCC[C@@H]2C(=O)O)C1. The molecule has 1 saturated carbocycles. The van der Waals surface area contributed by atoms with Gasteiger partial charge in [0.05, 0.1) is 11.8 Å². The van der Waals surface area contributed by atoms with Crippen LogP contribution in [0.25, 0.3) is 0 Å². The van der Waals surface area contributed by atoms with Crippen LogP contribution in [-0.4, -0.2) is 41.0 Å². The van der Waals surface area contributed by atoms with Crippen molar-refractivity contribution in [1.29, 1.82) is 0 Å². The van der Waals surface area contributed by atoms with E-state index in [4.69, 9.17) is 10.8 Å². The lowest BCUT2D eigenvalue weighted by Gasteiger charge is -2.22. The number of hydrogen-bond acceptors (Lipinski definition) is 3. The third-order valence-corrected chi connectivity index (χ3v) is 3.69. The number of carbonyl (C=O) groups is 2. The second kappa shape index (κ2) is 4.41. The maximum absolute atomic E-state index is 12.1. The molecule has 16 heavy (non-hydrogen) atoms. The predicted molar refractivity (Wildman–Crippen MR) is 57.6 cm³/mol. The van der Waals surface area contributed by atoms with E-state index in [2.05, 4.69) is 0 Å². The van der Waals surface area contributed by atoms with Crippen molar-refractivity contribution in [1.82, 2.24) is 4.90 Å². The molecule has 3 atom stereocenters. The van der Waals surface area contributed by atoms with Gasteiger partial charge in [-0.1, -0.05) is 6.42 Å². The minimum absolute atomic E-state index is 0.00199.